The zero-order chi connectivity index (χ0) is 19.9. The molecule has 3 rings (SSSR count). The van der Waals surface area contributed by atoms with Crippen LogP contribution in [0, 0.1) is 11.7 Å². The maximum absolute atomic E-state index is 13.3. The van der Waals surface area contributed by atoms with E-state index in [1.54, 1.807) is 17.0 Å². The van der Waals surface area contributed by atoms with Crippen LogP contribution in [-0.4, -0.2) is 72.5 Å². The molecular formula is C21H31FN4O2. The predicted molar refractivity (Wildman–Crippen MR) is 108 cm³/mol. The number of benzene rings is 1. The Morgan fingerprint density at radius 2 is 1.93 bits per heavy atom. The molecule has 2 saturated heterocycles. The van der Waals surface area contributed by atoms with Crippen LogP contribution in [0.5, 0.6) is 0 Å². The Morgan fingerprint density at radius 3 is 2.64 bits per heavy atom. The lowest BCUT2D eigenvalue weighted by molar-refractivity contribution is -0.133. The van der Waals surface area contributed by atoms with Crippen molar-refractivity contribution in [3.8, 4) is 0 Å². The third-order valence-corrected chi connectivity index (χ3v) is 5.82. The fourth-order valence-corrected chi connectivity index (χ4v) is 4.05. The molecule has 154 valence electrons. The summed E-state index contributed by atoms with van der Waals surface area (Å²) in [5.41, 5.74) is 0.466. The number of anilines is 1. The first kappa shape index (κ1) is 20.6. The Labute approximate surface area is 166 Å². The highest BCUT2D eigenvalue weighted by atomic mass is 19.1. The second kappa shape index (κ2) is 9.87. The minimum atomic E-state index is -0.368. The van der Waals surface area contributed by atoms with Crippen molar-refractivity contribution in [1.82, 2.24) is 14.7 Å². The zero-order valence-corrected chi connectivity index (χ0v) is 16.7. The van der Waals surface area contributed by atoms with E-state index in [1.807, 2.05) is 4.90 Å². The Balaban J connectivity index is 1.43. The lowest BCUT2D eigenvalue weighted by Crippen LogP contribution is -2.48. The van der Waals surface area contributed by atoms with Gasteiger partial charge in [0.25, 0.3) is 0 Å². The summed E-state index contributed by atoms with van der Waals surface area (Å²) in [5.74, 6) is 0.206. The largest absolute Gasteiger partial charge is 0.340 e. The number of carbonyl (C=O) groups is 2. The molecule has 0 radical (unpaired) electrons. The van der Waals surface area contributed by atoms with Gasteiger partial charge < -0.3 is 20.0 Å². The number of halogens is 1. The van der Waals surface area contributed by atoms with Crippen LogP contribution in [0.4, 0.5) is 14.9 Å². The Morgan fingerprint density at radius 1 is 1.14 bits per heavy atom. The van der Waals surface area contributed by atoms with Gasteiger partial charge in [-0.3, -0.25) is 4.79 Å². The van der Waals surface area contributed by atoms with Crippen LogP contribution in [0.2, 0.25) is 0 Å². The first-order valence-corrected chi connectivity index (χ1v) is 10.4. The summed E-state index contributed by atoms with van der Waals surface area (Å²) >= 11 is 0. The van der Waals surface area contributed by atoms with Gasteiger partial charge in [0.05, 0.1) is 0 Å². The molecule has 2 aliphatic rings. The van der Waals surface area contributed by atoms with Crippen LogP contribution >= 0.6 is 0 Å². The molecule has 0 bridgehead atoms. The third kappa shape index (κ3) is 5.67. The summed E-state index contributed by atoms with van der Waals surface area (Å²) in [5, 5.41) is 2.77. The van der Waals surface area contributed by atoms with Gasteiger partial charge in [0.2, 0.25) is 5.91 Å². The molecule has 0 unspecified atom stereocenters. The van der Waals surface area contributed by atoms with Crippen molar-refractivity contribution < 1.29 is 14.0 Å². The highest BCUT2D eigenvalue weighted by Gasteiger charge is 2.26. The van der Waals surface area contributed by atoms with Crippen LogP contribution in [0.25, 0.3) is 0 Å². The third-order valence-electron chi connectivity index (χ3n) is 5.82. The van der Waals surface area contributed by atoms with E-state index in [0.29, 0.717) is 31.1 Å². The summed E-state index contributed by atoms with van der Waals surface area (Å²) in [6.45, 7) is 8.09. The zero-order valence-electron chi connectivity index (χ0n) is 16.7. The number of amides is 3. The molecule has 28 heavy (non-hydrogen) atoms. The van der Waals surface area contributed by atoms with E-state index in [1.165, 1.54) is 12.1 Å². The van der Waals surface area contributed by atoms with Crippen LogP contribution in [0.1, 0.15) is 32.6 Å². The van der Waals surface area contributed by atoms with Gasteiger partial charge in [0, 0.05) is 51.4 Å². The van der Waals surface area contributed by atoms with Crippen LogP contribution < -0.4 is 5.32 Å². The van der Waals surface area contributed by atoms with Crippen LogP contribution in [0.3, 0.4) is 0 Å². The molecule has 2 heterocycles. The quantitative estimate of drug-likeness (QED) is 0.841. The SMILES string of the molecule is CCN1CCN(C(=O)CC[C@@H]2CCCN(C(=O)Nc3cccc(F)c3)C2)CC1. The second-order valence-corrected chi connectivity index (χ2v) is 7.75. The highest BCUT2D eigenvalue weighted by Crippen LogP contribution is 2.22. The monoisotopic (exact) mass is 390 g/mol. The Bertz CT molecular complexity index is 676. The number of piperidine rings is 1. The van der Waals surface area contributed by atoms with Crippen LogP contribution in [0.15, 0.2) is 24.3 Å². The molecule has 7 heteroatoms. The number of piperazine rings is 1. The number of carbonyl (C=O) groups excluding carboxylic acids is 2. The molecule has 0 spiro atoms. The van der Waals surface area contributed by atoms with Gasteiger partial charge in [-0.1, -0.05) is 13.0 Å². The first-order valence-electron chi connectivity index (χ1n) is 10.4. The number of nitrogens with zero attached hydrogens (tertiary/aromatic N) is 3. The summed E-state index contributed by atoms with van der Waals surface area (Å²) in [4.78, 5) is 31.1. The maximum Gasteiger partial charge on any atom is 0.321 e. The molecule has 6 nitrogen and oxygen atoms in total. The van der Waals surface area contributed by atoms with E-state index in [-0.39, 0.29) is 17.8 Å². The van der Waals surface area contributed by atoms with E-state index in [9.17, 15) is 14.0 Å². The van der Waals surface area contributed by atoms with Gasteiger partial charge in [-0.05, 0) is 49.9 Å². The van der Waals surface area contributed by atoms with Crippen molar-refractivity contribution in [1.29, 1.82) is 0 Å². The number of hydrogen-bond donors (Lipinski definition) is 1. The molecule has 0 saturated carbocycles. The average molecular weight is 391 g/mol. The van der Waals surface area contributed by atoms with Gasteiger partial charge in [-0.15, -0.1) is 0 Å². The lowest BCUT2D eigenvalue weighted by Gasteiger charge is -2.35. The summed E-state index contributed by atoms with van der Waals surface area (Å²) in [6, 6.07) is 5.73. The molecule has 2 fully saturated rings. The van der Waals surface area contributed by atoms with E-state index >= 15 is 0 Å². The molecule has 3 amide bonds. The standard InChI is InChI=1S/C21H31FN4O2/c1-2-24-11-13-25(14-12-24)20(27)9-8-17-5-4-10-26(16-17)21(28)23-19-7-3-6-18(22)15-19/h3,6-7,15,17H,2,4-5,8-14,16H2,1H3,(H,23,28)/t17-/m0/s1. The number of rotatable bonds is 5. The van der Waals surface area contributed by atoms with Crippen molar-refractivity contribution in [3.05, 3.63) is 30.1 Å². The molecule has 2 aliphatic heterocycles. The van der Waals surface area contributed by atoms with E-state index in [4.69, 9.17) is 0 Å². The van der Waals surface area contributed by atoms with Crippen molar-refractivity contribution >= 4 is 17.6 Å². The molecular weight excluding hydrogens is 359 g/mol. The van der Waals surface area contributed by atoms with Crippen molar-refractivity contribution in [3.63, 3.8) is 0 Å². The Hall–Kier alpha value is -2.15. The first-order chi connectivity index (χ1) is 13.5. The van der Waals surface area contributed by atoms with Crippen LogP contribution in [-0.2, 0) is 4.79 Å². The smallest absolute Gasteiger partial charge is 0.321 e. The normalized spacial score (nSPS) is 20.9. The Kier molecular flexibility index (Phi) is 7.25. The van der Waals surface area contributed by atoms with Gasteiger partial charge in [0.1, 0.15) is 5.82 Å². The highest BCUT2D eigenvalue weighted by molar-refractivity contribution is 5.89. The predicted octanol–water partition coefficient (Wildman–Crippen LogP) is 3.01. The van der Waals surface area contributed by atoms with Gasteiger partial charge in [0.15, 0.2) is 0 Å². The summed E-state index contributed by atoms with van der Waals surface area (Å²) < 4.78 is 13.3. The van der Waals surface area contributed by atoms with Gasteiger partial charge in [-0.2, -0.15) is 0 Å². The fraction of sp³-hybridized carbons (Fsp3) is 0.619. The number of urea groups is 1. The minimum absolute atomic E-state index is 0.197. The molecule has 1 aromatic rings. The summed E-state index contributed by atoms with van der Waals surface area (Å²) in [6.07, 6.45) is 3.35. The van der Waals surface area contributed by atoms with Crippen molar-refractivity contribution in [2.75, 3.05) is 51.1 Å². The number of likely N-dealkylation sites (N-methyl/N-ethyl adjacent to an activating group) is 1. The number of likely N-dealkylation sites (tertiary alicyclic amines) is 1. The number of hydrogen-bond acceptors (Lipinski definition) is 3. The molecule has 1 N–H and O–H groups in total. The van der Waals surface area contributed by atoms with E-state index in [0.717, 1.165) is 52.0 Å². The van der Waals surface area contributed by atoms with Crippen molar-refractivity contribution in [2.24, 2.45) is 5.92 Å². The minimum Gasteiger partial charge on any atom is -0.340 e. The second-order valence-electron chi connectivity index (χ2n) is 7.75. The summed E-state index contributed by atoms with van der Waals surface area (Å²) in [7, 11) is 0. The lowest BCUT2D eigenvalue weighted by atomic mass is 9.93. The maximum atomic E-state index is 13.3. The molecule has 0 aliphatic carbocycles. The fourth-order valence-electron chi connectivity index (χ4n) is 4.05. The van der Waals surface area contributed by atoms with Crippen molar-refractivity contribution in [2.45, 2.75) is 32.6 Å². The van der Waals surface area contributed by atoms with Gasteiger partial charge in [-0.25, -0.2) is 9.18 Å². The van der Waals surface area contributed by atoms with Gasteiger partial charge >= 0.3 is 6.03 Å². The number of nitrogens with one attached hydrogen (secondary N) is 1. The van der Waals surface area contributed by atoms with E-state index < -0.39 is 0 Å². The molecule has 1 aromatic carbocycles. The molecule has 0 aromatic heterocycles. The molecule has 1 atom stereocenters. The van der Waals surface area contributed by atoms with E-state index in [2.05, 4.69) is 17.1 Å². The topological polar surface area (TPSA) is 55.9 Å². The average Bonchev–Trinajstić information content (AvgIpc) is 2.72.